The molecule has 2 aromatic carbocycles. The molecule has 1 atom stereocenters. The summed E-state index contributed by atoms with van der Waals surface area (Å²) >= 11 is 7.34. The van der Waals surface area contributed by atoms with Gasteiger partial charge in [-0.1, -0.05) is 22.9 Å². The highest BCUT2D eigenvalue weighted by molar-refractivity contribution is 7.07. The number of carbonyl (C=O) groups excluding carboxylic acids is 2. The zero-order valence-corrected chi connectivity index (χ0v) is 25.5. The first-order valence-electron chi connectivity index (χ1n) is 13.1. The predicted molar refractivity (Wildman–Crippen MR) is 160 cm³/mol. The van der Waals surface area contributed by atoms with Crippen LogP contribution in [0.5, 0.6) is 11.5 Å². The predicted octanol–water partition coefficient (Wildman–Crippen LogP) is 4.52. The van der Waals surface area contributed by atoms with Gasteiger partial charge in [-0.25, -0.2) is 14.6 Å². The lowest BCUT2D eigenvalue weighted by Crippen LogP contribution is -2.40. The number of ether oxygens (including phenoxy) is 4. The summed E-state index contributed by atoms with van der Waals surface area (Å²) in [4.78, 5) is 44.5. The Morgan fingerprint density at radius 1 is 1.07 bits per heavy atom. The molecule has 0 saturated carbocycles. The van der Waals surface area contributed by atoms with Crippen LogP contribution in [-0.4, -0.2) is 44.4 Å². The van der Waals surface area contributed by atoms with E-state index in [4.69, 9.17) is 35.0 Å². The van der Waals surface area contributed by atoms with Crippen molar-refractivity contribution >= 4 is 41.0 Å². The van der Waals surface area contributed by atoms with E-state index < -0.39 is 23.5 Å². The summed E-state index contributed by atoms with van der Waals surface area (Å²) < 4.78 is 29.0. The maximum absolute atomic E-state index is 14.0. The van der Waals surface area contributed by atoms with E-state index in [0.29, 0.717) is 54.2 Å². The molecule has 43 heavy (non-hydrogen) atoms. The van der Waals surface area contributed by atoms with Gasteiger partial charge in [0, 0.05) is 28.3 Å². The number of fused-ring (bicyclic) bond motifs is 1. The van der Waals surface area contributed by atoms with Crippen LogP contribution in [0.1, 0.15) is 41.6 Å². The van der Waals surface area contributed by atoms with Crippen LogP contribution in [0.3, 0.4) is 0 Å². The van der Waals surface area contributed by atoms with Crippen molar-refractivity contribution in [1.29, 1.82) is 0 Å². The van der Waals surface area contributed by atoms with Gasteiger partial charge in [-0.15, -0.1) is 0 Å². The van der Waals surface area contributed by atoms with Gasteiger partial charge < -0.3 is 23.4 Å². The fraction of sp³-hybridized carbons (Fsp3) is 0.226. The molecule has 0 saturated heterocycles. The second kappa shape index (κ2) is 12.3. The van der Waals surface area contributed by atoms with Crippen LogP contribution in [0.25, 0.3) is 17.4 Å². The summed E-state index contributed by atoms with van der Waals surface area (Å²) in [7, 11) is 4.33. The minimum Gasteiger partial charge on any atom is -0.497 e. The normalized spacial score (nSPS) is 14.7. The highest BCUT2D eigenvalue weighted by Crippen LogP contribution is 2.37. The molecule has 0 radical (unpaired) electrons. The molecule has 2 aromatic heterocycles. The molecule has 1 aliphatic rings. The molecule has 3 heterocycles. The van der Waals surface area contributed by atoms with Crippen LogP contribution in [0, 0.1) is 0 Å². The summed E-state index contributed by atoms with van der Waals surface area (Å²) in [6.45, 7) is 3.56. The van der Waals surface area contributed by atoms with E-state index in [-0.39, 0.29) is 17.7 Å². The van der Waals surface area contributed by atoms with Gasteiger partial charge in [0.1, 0.15) is 29.1 Å². The molecule has 4 aromatic rings. The first-order valence-corrected chi connectivity index (χ1v) is 14.3. The zero-order valence-electron chi connectivity index (χ0n) is 23.9. The van der Waals surface area contributed by atoms with E-state index in [1.165, 1.54) is 25.9 Å². The lowest BCUT2D eigenvalue weighted by molar-refractivity contribution is -0.139. The smallest absolute Gasteiger partial charge is 0.338 e. The Kier molecular flexibility index (Phi) is 8.56. The molecule has 0 unspecified atom stereocenters. The Hall–Kier alpha value is -4.61. The van der Waals surface area contributed by atoms with E-state index in [9.17, 15) is 14.4 Å². The van der Waals surface area contributed by atoms with Gasteiger partial charge in [0.2, 0.25) is 0 Å². The molecule has 0 bridgehead atoms. The third-order valence-electron chi connectivity index (χ3n) is 6.80. The highest BCUT2D eigenvalue weighted by atomic mass is 35.5. The Morgan fingerprint density at radius 2 is 1.86 bits per heavy atom. The van der Waals surface area contributed by atoms with Crippen molar-refractivity contribution in [2.24, 2.45) is 4.99 Å². The zero-order chi connectivity index (χ0) is 30.8. The van der Waals surface area contributed by atoms with Crippen LogP contribution in [0.2, 0.25) is 5.02 Å². The molecule has 0 amide bonds. The Morgan fingerprint density at radius 3 is 2.56 bits per heavy atom. The molecule has 0 N–H and O–H groups in total. The van der Waals surface area contributed by atoms with Crippen molar-refractivity contribution in [1.82, 2.24) is 4.57 Å². The summed E-state index contributed by atoms with van der Waals surface area (Å²) in [5.41, 5.74) is 1.54. The monoisotopic (exact) mass is 622 g/mol. The molecule has 10 nitrogen and oxygen atoms in total. The lowest BCUT2D eigenvalue weighted by Gasteiger charge is -2.26. The van der Waals surface area contributed by atoms with Crippen LogP contribution < -0.4 is 24.4 Å². The fourth-order valence-electron chi connectivity index (χ4n) is 4.84. The van der Waals surface area contributed by atoms with E-state index in [2.05, 4.69) is 4.99 Å². The van der Waals surface area contributed by atoms with Crippen molar-refractivity contribution in [3.8, 4) is 22.8 Å². The number of methoxy groups -OCH3 is 3. The van der Waals surface area contributed by atoms with Gasteiger partial charge in [-0.2, -0.15) is 0 Å². The number of esters is 2. The maximum atomic E-state index is 14.0. The van der Waals surface area contributed by atoms with Gasteiger partial charge >= 0.3 is 11.9 Å². The van der Waals surface area contributed by atoms with Gasteiger partial charge in [0.25, 0.3) is 5.56 Å². The number of hydrogen-bond donors (Lipinski definition) is 0. The van der Waals surface area contributed by atoms with E-state index in [1.54, 1.807) is 68.5 Å². The standard InChI is InChI=1S/C31H27ClN2O8S/c1-6-41-30(37)26-16(2)33-31-34(27(26)21-11-8-18(38-3)14-24(21)39-4)28(35)25(43-31)15-19-9-12-23(42-19)22-13-17(32)7-10-20(22)29(36)40-5/h7-15,27H,6H2,1-5H3/b25-15+/t27-/m1/s1. The molecule has 1 aliphatic heterocycles. The minimum atomic E-state index is -0.875. The lowest BCUT2D eigenvalue weighted by atomic mass is 9.95. The van der Waals surface area contributed by atoms with E-state index in [0.717, 1.165) is 11.3 Å². The molecule has 5 rings (SSSR count). The van der Waals surface area contributed by atoms with Crippen molar-refractivity contribution < 1.29 is 33.0 Å². The van der Waals surface area contributed by atoms with Crippen LogP contribution in [0.15, 0.2) is 74.0 Å². The molecule has 12 heteroatoms. The number of aromatic nitrogens is 1. The van der Waals surface area contributed by atoms with E-state index >= 15 is 0 Å². The quantitative estimate of drug-likeness (QED) is 0.263. The Bertz CT molecular complexity index is 1950. The molecule has 0 spiro atoms. The summed E-state index contributed by atoms with van der Waals surface area (Å²) in [5.74, 6) is 0.572. The largest absolute Gasteiger partial charge is 0.497 e. The van der Waals surface area contributed by atoms with Crippen LogP contribution >= 0.6 is 22.9 Å². The van der Waals surface area contributed by atoms with Gasteiger partial charge in [-0.3, -0.25) is 9.36 Å². The van der Waals surface area contributed by atoms with E-state index in [1.807, 2.05) is 0 Å². The third-order valence-corrected chi connectivity index (χ3v) is 8.02. The number of hydrogen-bond acceptors (Lipinski definition) is 10. The van der Waals surface area contributed by atoms with Gasteiger partial charge in [-0.05, 0) is 56.3 Å². The second-order valence-corrected chi connectivity index (χ2v) is 10.7. The van der Waals surface area contributed by atoms with Crippen molar-refractivity contribution in [3.05, 3.63) is 101 Å². The van der Waals surface area contributed by atoms with Crippen molar-refractivity contribution in [2.75, 3.05) is 27.9 Å². The van der Waals surface area contributed by atoms with Gasteiger partial charge in [0.05, 0.1) is 49.3 Å². The summed E-state index contributed by atoms with van der Waals surface area (Å²) in [6.07, 6.45) is 1.58. The number of carbonyl (C=O) groups is 2. The van der Waals surface area contributed by atoms with Crippen LogP contribution in [-0.2, 0) is 14.3 Å². The third kappa shape index (κ3) is 5.61. The first kappa shape index (κ1) is 29.9. The number of rotatable bonds is 8. The number of halogens is 1. The Labute approximate surface area is 255 Å². The average Bonchev–Trinajstić information content (AvgIpc) is 3.59. The average molecular weight is 623 g/mol. The molecule has 0 aliphatic carbocycles. The number of furan rings is 1. The number of nitrogens with zero attached hydrogens (tertiary/aromatic N) is 2. The van der Waals surface area contributed by atoms with Crippen LogP contribution in [0.4, 0.5) is 0 Å². The molecular weight excluding hydrogens is 596 g/mol. The SMILES string of the molecule is CCOC(=O)C1=C(C)N=c2s/c(=C/c3ccc(-c4cc(Cl)ccc4C(=O)OC)o3)c(=O)n2[C@@H]1c1ccc(OC)cc1OC. The molecule has 222 valence electrons. The summed E-state index contributed by atoms with van der Waals surface area (Å²) in [6, 6.07) is 12.4. The van der Waals surface area contributed by atoms with Crippen molar-refractivity contribution in [3.63, 3.8) is 0 Å². The summed E-state index contributed by atoms with van der Waals surface area (Å²) in [5, 5.41) is 0.413. The van der Waals surface area contributed by atoms with Crippen molar-refractivity contribution in [2.45, 2.75) is 19.9 Å². The maximum Gasteiger partial charge on any atom is 0.338 e. The Balaban J connectivity index is 1.66. The first-order chi connectivity index (χ1) is 20.7. The minimum absolute atomic E-state index is 0.150. The van der Waals surface area contributed by atoms with Gasteiger partial charge in [0.15, 0.2) is 4.80 Å². The number of thiazole rings is 1. The molecule has 0 fully saturated rings. The topological polar surface area (TPSA) is 119 Å². The number of allylic oxidation sites excluding steroid dienone is 1. The number of benzene rings is 2. The molecular formula is C31H27ClN2O8S. The fourth-order valence-corrected chi connectivity index (χ4v) is 6.04. The second-order valence-electron chi connectivity index (χ2n) is 9.29. The highest BCUT2D eigenvalue weighted by Gasteiger charge is 2.35.